The van der Waals surface area contributed by atoms with E-state index in [0.29, 0.717) is 12.0 Å². The number of aliphatic hydroxyl groups is 2. The summed E-state index contributed by atoms with van der Waals surface area (Å²) in [5, 5.41) is 21.8. The predicted octanol–water partition coefficient (Wildman–Crippen LogP) is 3.18. The third-order valence-electron chi connectivity index (χ3n) is 7.90. The number of hydrogen-bond acceptors (Lipinski definition) is 3. The van der Waals surface area contributed by atoms with Crippen molar-refractivity contribution in [3.05, 3.63) is 23.8 Å². The van der Waals surface area contributed by atoms with Crippen LogP contribution in [-0.2, 0) is 4.79 Å². The Bertz CT molecular complexity index is 690. The number of ketones is 1. The molecule has 3 saturated carbocycles. The molecule has 0 heterocycles. The quantitative estimate of drug-likeness (QED) is 0.646. The Labute approximate surface area is 152 Å². The standard InChI is InChI=1S/C20H26ClFO3/c1-10-6-12-13-8-15(22)14-7-11(23)4-5-19(14,3)20(13,21)16(24)9-18(12,2)17(10)25/h4-5,7,10,12-13,15-17,24-25H,6,8-9H2,1-3H3/t10-,12-,13-,15-,16-,17+,18-,19-,20-/m0/s1. The summed E-state index contributed by atoms with van der Waals surface area (Å²) in [4.78, 5) is 10.7. The van der Waals surface area contributed by atoms with E-state index in [-0.39, 0.29) is 30.0 Å². The third-order valence-corrected chi connectivity index (χ3v) is 8.83. The maximum atomic E-state index is 15.1. The molecule has 0 aromatic heterocycles. The second kappa shape index (κ2) is 5.17. The molecule has 25 heavy (non-hydrogen) atoms. The lowest BCUT2D eigenvalue weighted by molar-refractivity contribution is -0.124. The largest absolute Gasteiger partial charge is 0.392 e. The average molecular weight is 369 g/mol. The van der Waals surface area contributed by atoms with E-state index < -0.39 is 34.1 Å². The van der Waals surface area contributed by atoms with Gasteiger partial charge >= 0.3 is 0 Å². The van der Waals surface area contributed by atoms with Crippen LogP contribution in [0.3, 0.4) is 0 Å². The summed E-state index contributed by atoms with van der Waals surface area (Å²) >= 11 is 7.18. The maximum Gasteiger partial charge on any atom is 0.178 e. The Hall–Kier alpha value is -0.710. The first kappa shape index (κ1) is 17.7. The lowest BCUT2D eigenvalue weighted by Gasteiger charge is -2.63. The Morgan fingerprint density at radius 3 is 2.60 bits per heavy atom. The monoisotopic (exact) mass is 368 g/mol. The van der Waals surface area contributed by atoms with Crippen LogP contribution in [0.2, 0.25) is 0 Å². The van der Waals surface area contributed by atoms with Gasteiger partial charge < -0.3 is 10.2 Å². The molecule has 0 amide bonds. The van der Waals surface area contributed by atoms with Crippen LogP contribution in [0.1, 0.15) is 40.0 Å². The highest BCUT2D eigenvalue weighted by atomic mass is 35.5. The molecular weight excluding hydrogens is 343 g/mol. The number of hydrogen-bond donors (Lipinski definition) is 2. The van der Waals surface area contributed by atoms with Crippen molar-refractivity contribution in [1.82, 2.24) is 0 Å². The van der Waals surface area contributed by atoms with Crippen molar-refractivity contribution in [2.24, 2.45) is 28.6 Å². The van der Waals surface area contributed by atoms with Gasteiger partial charge in [0.25, 0.3) is 0 Å². The fourth-order valence-electron chi connectivity index (χ4n) is 6.55. The van der Waals surface area contributed by atoms with Gasteiger partial charge in [0.05, 0.1) is 17.1 Å². The summed E-state index contributed by atoms with van der Waals surface area (Å²) in [5.74, 6) is -0.319. The summed E-state index contributed by atoms with van der Waals surface area (Å²) in [5.41, 5.74) is -0.962. The molecule has 5 heteroatoms. The molecule has 0 aliphatic heterocycles. The molecule has 0 radical (unpaired) electrons. The van der Waals surface area contributed by atoms with Gasteiger partial charge in [-0.1, -0.05) is 26.8 Å². The van der Waals surface area contributed by atoms with Crippen molar-refractivity contribution in [1.29, 1.82) is 0 Å². The van der Waals surface area contributed by atoms with Gasteiger partial charge in [0.15, 0.2) is 5.78 Å². The van der Waals surface area contributed by atoms with E-state index in [2.05, 4.69) is 0 Å². The highest BCUT2D eigenvalue weighted by Crippen LogP contribution is 2.69. The van der Waals surface area contributed by atoms with Gasteiger partial charge in [-0.15, -0.1) is 11.6 Å². The number of carbonyl (C=O) groups is 1. The van der Waals surface area contributed by atoms with Crippen LogP contribution in [0.15, 0.2) is 23.8 Å². The number of rotatable bonds is 0. The van der Waals surface area contributed by atoms with Crippen molar-refractivity contribution >= 4 is 17.4 Å². The lowest BCUT2D eigenvalue weighted by atomic mass is 9.46. The minimum absolute atomic E-state index is 0.0565. The van der Waals surface area contributed by atoms with Gasteiger partial charge in [-0.2, -0.15) is 0 Å². The molecule has 3 fully saturated rings. The van der Waals surface area contributed by atoms with E-state index in [1.165, 1.54) is 12.2 Å². The van der Waals surface area contributed by atoms with Gasteiger partial charge in [0.2, 0.25) is 0 Å². The molecule has 0 aromatic rings. The van der Waals surface area contributed by atoms with E-state index in [0.717, 1.165) is 6.42 Å². The van der Waals surface area contributed by atoms with Crippen LogP contribution < -0.4 is 0 Å². The lowest BCUT2D eigenvalue weighted by Crippen LogP contribution is -2.67. The maximum absolute atomic E-state index is 15.1. The van der Waals surface area contributed by atoms with Crippen LogP contribution >= 0.6 is 11.6 Å². The van der Waals surface area contributed by atoms with E-state index in [9.17, 15) is 15.0 Å². The molecule has 4 aliphatic rings. The molecule has 9 atom stereocenters. The van der Waals surface area contributed by atoms with Crippen LogP contribution in [0.4, 0.5) is 4.39 Å². The van der Waals surface area contributed by atoms with Gasteiger partial charge in [-0.05, 0) is 60.2 Å². The van der Waals surface area contributed by atoms with Crippen LogP contribution in [-0.4, -0.2) is 39.3 Å². The zero-order chi connectivity index (χ0) is 18.4. The van der Waals surface area contributed by atoms with E-state index in [1.807, 2.05) is 20.8 Å². The molecule has 3 nitrogen and oxygen atoms in total. The summed E-state index contributed by atoms with van der Waals surface area (Å²) in [7, 11) is 0. The number of aliphatic hydroxyl groups excluding tert-OH is 2. The Morgan fingerprint density at radius 2 is 1.92 bits per heavy atom. The first-order valence-electron chi connectivity index (χ1n) is 9.20. The fraction of sp³-hybridized carbons (Fsp3) is 0.750. The van der Waals surface area contributed by atoms with Gasteiger partial charge in [-0.25, -0.2) is 4.39 Å². The average Bonchev–Trinajstić information content (AvgIpc) is 2.76. The number of allylic oxidation sites excluding steroid dienone is 4. The molecule has 4 aliphatic carbocycles. The summed E-state index contributed by atoms with van der Waals surface area (Å²) < 4.78 is 15.1. The molecule has 0 spiro atoms. The minimum Gasteiger partial charge on any atom is -0.392 e. The molecule has 0 aromatic carbocycles. The van der Waals surface area contributed by atoms with Crippen molar-refractivity contribution in [2.45, 2.75) is 63.3 Å². The second-order valence-corrected chi connectivity index (χ2v) is 9.73. The second-order valence-electron chi connectivity index (χ2n) is 9.11. The summed E-state index contributed by atoms with van der Waals surface area (Å²) in [6.07, 6.45) is 3.23. The zero-order valence-corrected chi connectivity index (χ0v) is 15.6. The molecule has 0 saturated heterocycles. The number of fused-ring (bicyclic) bond motifs is 5. The Kier molecular flexibility index (Phi) is 3.66. The van der Waals surface area contributed by atoms with E-state index in [1.54, 1.807) is 6.08 Å². The minimum atomic E-state index is -1.25. The van der Waals surface area contributed by atoms with E-state index >= 15 is 4.39 Å². The Balaban J connectivity index is 1.86. The van der Waals surface area contributed by atoms with Crippen molar-refractivity contribution < 1.29 is 19.4 Å². The SMILES string of the molecule is C[C@H]1C[C@H]2[C@@H]3C[C@H](F)C4=CC(=O)C=C[C@]4(C)[C@@]3(Cl)[C@@H](O)C[C@]2(C)[C@@H]1O. The zero-order valence-electron chi connectivity index (χ0n) is 14.9. The van der Waals surface area contributed by atoms with Crippen molar-refractivity contribution in [3.63, 3.8) is 0 Å². The number of halogens is 2. The van der Waals surface area contributed by atoms with Crippen LogP contribution in [0.5, 0.6) is 0 Å². The summed E-state index contributed by atoms with van der Waals surface area (Å²) in [6, 6.07) is 0. The number of carbonyl (C=O) groups excluding carboxylic acids is 1. The predicted molar refractivity (Wildman–Crippen MR) is 93.9 cm³/mol. The highest BCUT2D eigenvalue weighted by Gasteiger charge is 2.71. The highest BCUT2D eigenvalue weighted by molar-refractivity contribution is 6.26. The first-order chi connectivity index (χ1) is 11.6. The molecule has 138 valence electrons. The third kappa shape index (κ3) is 1.97. The van der Waals surface area contributed by atoms with Gasteiger partial charge in [-0.3, -0.25) is 4.79 Å². The molecule has 0 unspecified atom stereocenters. The molecular formula is C20H26ClFO3. The van der Waals surface area contributed by atoms with Crippen molar-refractivity contribution in [3.8, 4) is 0 Å². The number of alkyl halides is 2. The van der Waals surface area contributed by atoms with Gasteiger partial charge in [0.1, 0.15) is 6.17 Å². The van der Waals surface area contributed by atoms with E-state index in [4.69, 9.17) is 11.6 Å². The first-order valence-corrected chi connectivity index (χ1v) is 9.58. The smallest absolute Gasteiger partial charge is 0.178 e. The van der Waals surface area contributed by atoms with Crippen LogP contribution in [0.25, 0.3) is 0 Å². The summed E-state index contributed by atoms with van der Waals surface area (Å²) in [6.45, 7) is 5.86. The molecule has 2 N–H and O–H groups in total. The normalized spacial score (nSPS) is 57.6. The topological polar surface area (TPSA) is 57.5 Å². The molecule has 0 bridgehead atoms. The van der Waals surface area contributed by atoms with Crippen molar-refractivity contribution in [2.75, 3.05) is 0 Å². The van der Waals surface area contributed by atoms with Gasteiger partial charge in [0, 0.05) is 5.41 Å². The molecule has 4 rings (SSSR count). The fourth-order valence-corrected chi connectivity index (χ4v) is 7.04. The Morgan fingerprint density at radius 1 is 1.24 bits per heavy atom. The van der Waals surface area contributed by atoms with Crippen LogP contribution in [0, 0.1) is 28.6 Å².